The van der Waals surface area contributed by atoms with E-state index in [2.05, 4.69) is 33.1 Å². The van der Waals surface area contributed by atoms with Crippen LogP contribution in [0.4, 0.5) is 5.69 Å². The number of benzene rings is 1. The maximum atomic E-state index is 5.40. The Hall–Kier alpha value is -1.55. The van der Waals surface area contributed by atoms with Crippen molar-refractivity contribution in [3.8, 4) is 0 Å². The molecule has 4 nitrogen and oxygen atoms in total. The maximum Gasteiger partial charge on any atom is 0.112 e. The summed E-state index contributed by atoms with van der Waals surface area (Å²) in [5.74, 6) is 0. The molecule has 4 heteroatoms. The van der Waals surface area contributed by atoms with Gasteiger partial charge in [0.15, 0.2) is 0 Å². The topological polar surface area (TPSA) is 41.1 Å². The van der Waals surface area contributed by atoms with Gasteiger partial charge in [-0.15, -0.1) is 0 Å². The van der Waals surface area contributed by atoms with Gasteiger partial charge in [0.2, 0.25) is 0 Å². The number of piperidine rings is 1. The third kappa shape index (κ3) is 1.89. The van der Waals surface area contributed by atoms with Crippen molar-refractivity contribution in [2.75, 3.05) is 25.1 Å². The van der Waals surface area contributed by atoms with Crippen LogP contribution < -0.4 is 4.90 Å². The quantitative estimate of drug-likeness (QED) is 0.861. The average Bonchev–Trinajstić information content (AvgIpc) is 2.87. The van der Waals surface area contributed by atoms with Gasteiger partial charge in [0.05, 0.1) is 23.6 Å². The van der Waals surface area contributed by atoms with E-state index in [0.29, 0.717) is 6.10 Å². The van der Waals surface area contributed by atoms with Crippen LogP contribution in [-0.2, 0) is 4.74 Å². The number of methoxy groups -OCH3 is 1. The Morgan fingerprint density at radius 3 is 2.94 bits per heavy atom. The smallest absolute Gasteiger partial charge is 0.112 e. The molecule has 1 aromatic carbocycles. The Labute approximate surface area is 101 Å². The number of hydrogen-bond donors (Lipinski definition) is 1. The van der Waals surface area contributed by atoms with Crippen molar-refractivity contribution in [1.29, 1.82) is 0 Å². The minimum atomic E-state index is 0.421. The van der Waals surface area contributed by atoms with Gasteiger partial charge in [-0.3, -0.25) is 0 Å². The van der Waals surface area contributed by atoms with Crippen LogP contribution in [0, 0.1) is 0 Å². The van der Waals surface area contributed by atoms with Crippen molar-refractivity contribution in [1.82, 2.24) is 9.97 Å². The molecule has 0 atom stereocenters. The first-order valence-electron chi connectivity index (χ1n) is 6.08. The standard InChI is InChI=1S/C13H17N3O/c1-17-10-5-7-16(8-6-10)12-4-2-3-11-13(12)15-9-14-11/h2-4,9-10H,5-8H2,1H3,(H,14,15). The summed E-state index contributed by atoms with van der Waals surface area (Å²) in [6.45, 7) is 2.09. The first kappa shape index (κ1) is 10.6. The second-order valence-corrected chi connectivity index (χ2v) is 4.50. The van der Waals surface area contributed by atoms with Crippen LogP contribution in [0.5, 0.6) is 0 Å². The van der Waals surface area contributed by atoms with Gasteiger partial charge < -0.3 is 14.6 Å². The molecule has 0 amide bonds. The van der Waals surface area contributed by atoms with Crippen LogP contribution in [-0.4, -0.2) is 36.3 Å². The Morgan fingerprint density at radius 2 is 2.18 bits per heavy atom. The highest BCUT2D eigenvalue weighted by atomic mass is 16.5. The highest BCUT2D eigenvalue weighted by Crippen LogP contribution is 2.27. The van der Waals surface area contributed by atoms with Gasteiger partial charge in [-0.2, -0.15) is 0 Å². The zero-order valence-electron chi connectivity index (χ0n) is 10.0. The van der Waals surface area contributed by atoms with E-state index >= 15 is 0 Å². The van der Waals surface area contributed by atoms with E-state index in [9.17, 15) is 0 Å². The third-order valence-corrected chi connectivity index (χ3v) is 3.54. The largest absolute Gasteiger partial charge is 0.381 e. The van der Waals surface area contributed by atoms with E-state index in [0.717, 1.165) is 37.0 Å². The number of aromatic nitrogens is 2. The molecule has 3 rings (SSSR count). The SMILES string of the molecule is COC1CCN(c2cccc3[nH]cnc23)CC1. The van der Waals surface area contributed by atoms with Crippen LogP contribution in [0.15, 0.2) is 24.5 Å². The van der Waals surface area contributed by atoms with Gasteiger partial charge in [0, 0.05) is 20.2 Å². The first-order valence-corrected chi connectivity index (χ1v) is 6.08. The normalized spacial score (nSPS) is 17.8. The molecule has 1 N–H and O–H groups in total. The van der Waals surface area contributed by atoms with Gasteiger partial charge in [-0.25, -0.2) is 4.98 Å². The van der Waals surface area contributed by atoms with Crippen LogP contribution in [0.1, 0.15) is 12.8 Å². The molecule has 17 heavy (non-hydrogen) atoms. The van der Waals surface area contributed by atoms with E-state index < -0.39 is 0 Å². The van der Waals surface area contributed by atoms with Crippen LogP contribution >= 0.6 is 0 Å². The molecule has 0 saturated carbocycles. The molecule has 0 unspecified atom stereocenters. The van der Waals surface area contributed by atoms with E-state index in [4.69, 9.17) is 4.74 Å². The molecule has 0 bridgehead atoms. The van der Waals surface area contributed by atoms with Gasteiger partial charge >= 0.3 is 0 Å². The number of imidazole rings is 1. The lowest BCUT2D eigenvalue weighted by molar-refractivity contribution is 0.0819. The summed E-state index contributed by atoms with van der Waals surface area (Å²) in [6, 6.07) is 6.29. The summed E-state index contributed by atoms with van der Waals surface area (Å²) in [5, 5.41) is 0. The van der Waals surface area contributed by atoms with Crippen molar-refractivity contribution in [2.45, 2.75) is 18.9 Å². The fraction of sp³-hybridized carbons (Fsp3) is 0.462. The van der Waals surface area contributed by atoms with E-state index in [-0.39, 0.29) is 0 Å². The number of nitrogens with one attached hydrogen (secondary N) is 1. The summed E-state index contributed by atoms with van der Waals surface area (Å²) < 4.78 is 5.40. The lowest BCUT2D eigenvalue weighted by Gasteiger charge is -2.33. The molecular weight excluding hydrogens is 214 g/mol. The van der Waals surface area contributed by atoms with E-state index in [1.165, 1.54) is 5.69 Å². The highest BCUT2D eigenvalue weighted by Gasteiger charge is 2.20. The number of rotatable bonds is 2. The summed E-state index contributed by atoms with van der Waals surface area (Å²) in [6.07, 6.45) is 4.37. The predicted molar refractivity (Wildman–Crippen MR) is 68.3 cm³/mol. The van der Waals surface area contributed by atoms with Gasteiger partial charge in [-0.1, -0.05) is 6.07 Å². The number of nitrogens with zero attached hydrogens (tertiary/aromatic N) is 2. The number of ether oxygens (including phenoxy) is 1. The van der Waals surface area contributed by atoms with Gasteiger partial charge in [0.25, 0.3) is 0 Å². The summed E-state index contributed by atoms with van der Waals surface area (Å²) in [5.41, 5.74) is 3.41. The van der Waals surface area contributed by atoms with Gasteiger partial charge in [-0.05, 0) is 25.0 Å². The first-order chi connectivity index (χ1) is 8.38. The van der Waals surface area contributed by atoms with Crippen molar-refractivity contribution >= 4 is 16.7 Å². The fourth-order valence-electron chi connectivity index (χ4n) is 2.54. The van der Waals surface area contributed by atoms with Crippen molar-refractivity contribution in [3.63, 3.8) is 0 Å². The monoisotopic (exact) mass is 231 g/mol. The van der Waals surface area contributed by atoms with E-state index in [1.807, 2.05) is 0 Å². The molecule has 1 aliphatic heterocycles. The molecule has 1 aliphatic rings. The average molecular weight is 231 g/mol. The fourth-order valence-corrected chi connectivity index (χ4v) is 2.54. The van der Waals surface area contributed by atoms with E-state index in [1.54, 1.807) is 13.4 Å². The number of fused-ring (bicyclic) bond motifs is 1. The number of para-hydroxylation sites is 1. The molecule has 1 saturated heterocycles. The molecule has 0 aliphatic carbocycles. The molecular formula is C13H17N3O. The second kappa shape index (κ2) is 4.37. The number of H-pyrrole nitrogens is 1. The number of aromatic amines is 1. The van der Waals surface area contributed by atoms with Crippen LogP contribution in [0.2, 0.25) is 0 Å². The Kier molecular flexibility index (Phi) is 2.73. The molecule has 1 aromatic heterocycles. The van der Waals surface area contributed by atoms with Crippen LogP contribution in [0.25, 0.3) is 11.0 Å². The Morgan fingerprint density at radius 1 is 1.35 bits per heavy atom. The van der Waals surface area contributed by atoms with Gasteiger partial charge in [0.1, 0.15) is 5.52 Å². The third-order valence-electron chi connectivity index (χ3n) is 3.54. The number of hydrogen-bond acceptors (Lipinski definition) is 3. The zero-order valence-corrected chi connectivity index (χ0v) is 10.0. The lowest BCUT2D eigenvalue weighted by atomic mass is 10.1. The Balaban J connectivity index is 1.87. The second-order valence-electron chi connectivity index (χ2n) is 4.50. The molecule has 2 heterocycles. The molecule has 90 valence electrons. The molecule has 0 radical (unpaired) electrons. The Bertz CT molecular complexity index is 500. The molecule has 2 aromatic rings. The van der Waals surface area contributed by atoms with Crippen molar-refractivity contribution in [3.05, 3.63) is 24.5 Å². The summed E-state index contributed by atoms with van der Waals surface area (Å²) in [4.78, 5) is 9.96. The lowest BCUT2D eigenvalue weighted by Crippen LogP contribution is -2.36. The number of anilines is 1. The minimum absolute atomic E-state index is 0.421. The minimum Gasteiger partial charge on any atom is -0.381 e. The van der Waals surface area contributed by atoms with Crippen molar-refractivity contribution in [2.24, 2.45) is 0 Å². The zero-order chi connectivity index (χ0) is 11.7. The predicted octanol–water partition coefficient (Wildman–Crippen LogP) is 2.18. The molecule has 1 fully saturated rings. The highest BCUT2D eigenvalue weighted by molar-refractivity contribution is 5.88. The maximum absolute atomic E-state index is 5.40. The summed E-state index contributed by atoms with van der Waals surface area (Å²) in [7, 11) is 1.80. The van der Waals surface area contributed by atoms with Crippen molar-refractivity contribution < 1.29 is 4.74 Å². The molecule has 0 spiro atoms. The van der Waals surface area contributed by atoms with Crippen LogP contribution in [0.3, 0.4) is 0 Å². The summed E-state index contributed by atoms with van der Waals surface area (Å²) >= 11 is 0.